The van der Waals surface area contributed by atoms with Crippen LogP contribution in [0.5, 0.6) is 0 Å². The van der Waals surface area contributed by atoms with E-state index in [4.69, 9.17) is 5.73 Å². The van der Waals surface area contributed by atoms with Crippen LogP contribution in [0.4, 0.5) is 14.7 Å². The average molecular weight is 545 g/mol. The van der Waals surface area contributed by atoms with E-state index in [-0.39, 0.29) is 50.0 Å². The van der Waals surface area contributed by atoms with Gasteiger partial charge in [0.2, 0.25) is 17.8 Å². The van der Waals surface area contributed by atoms with Gasteiger partial charge in [-0.25, -0.2) is 0 Å². The average Bonchev–Trinajstić information content (AvgIpc) is 2.55. The van der Waals surface area contributed by atoms with Gasteiger partial charge in [-0.1, -0.05) is 29.8 Å². The molecule has 3 rings (SSSR count). The van der Waals surface area contributed by atoms with Crippen molar-refractivity contribution >= 4 is 5.95 Å². The van der Waals surface area contributed by atoms with Gasteiger partial charge in [-0.3, -0.25) is 4.90 Å². The molecular formula is C16H18AcF2N5-. The molecule has 1 N–H and O–H groups in total. The van der Waals surface area contributed by atoms with E-state index >= 15 is 0 Å². The molecule has 1 aliphatic heterocycles. The number of rotatable bonds is 4. The van der Waals surface area contributed by atoms with E-state index in [0.29, 0.717) is 25.7 Å². The number of benzene rings is 1. The molecule has 0 aliphatic carbocycles. The smallest absolute Gasteiger partial charge is 0.230 e. The van der Waals surface area contributed by atoms with Gasteiger partial charge in [0.25, 0.3) is 0 Å². The zero-order valence-electron chi connectivity index (χ0n) is 13.3. The first-order valence-electron chi connectivity index (χ1n) is 7.54. The Labute approximate surface area is 175 Å². The minimum absolute atomic E-state index is 0. The Balaban J connectivity index is 0.00000208. The summed E-state index contributed by atoms with van der Waals surface area (Å²) in [5, 5.41) is 0. The van der Waals surface area contributed by atoms with Crippen molar-refractivity contribution in [1.29, 1.82) is 0 Å². The van der Waals surface area contributed by atoms with E-state index in [9.17, 15) is 8.78 Å². The Morgan fingerprint density at radius 3 is 2.00 bits per heavy atom. The summed E-state index contributed by atoms with van der Waals surface area (Å²) < 4.78 is 26.3. The van der Waals surface area contributed by atoms with Gasteiger partial charge in [-0.05, 0) is 5.56 Å². The third-order valence-electron chi connectivity index (χ3n) is 3.94. The molecule has 1 aromatic carbocycles. The van der Waals surface area contributed by atoms with Crippen LogP contribution in [0.15, 0.2) is 30.3 Å². The summed E-state index contributed by atoms with van der Waals surface area (Å²) in [4.78, 5) is 11.4. The second-order valence-corrected chi connectivity index (χ2v) is 5.57. The number of piperazine rings is 1. The molecule has 1 radical (unpaired) electrons. The maximum Gasteiger partial charge on any atom is 0.230 e. The third-order valence-corrected chi connectivity index (χ3v) is 3.94. The van der Waals surface area contributed by atoms with Crippen LogP contribution in [0, 0.1) is 56.0 Å². The quantitative estimate of drug-likeness (QED) is 0.555. The van der Waals surface area contributed by atoms with Gasteiger partial charge < -0.3 is 10.6 Å². The van der Waals surface area contributed by atoms with Crippen molar-refractivity contribution in [2.45, 2.75) is 13.1 Å². The van der Waals surface area contributed by atoms with Gasteiger partial charge in [0.1, 0.15) is 0 Å². The first kappa shape index (κ1) is 19.6. The van der Waals surface area contributed by atoms with Crippen molar-refractivity contribution in [3.63, 3.8) is 0 Å². The molecule has 8 heteroatoms. The van der Waals surface area contributed by atoms with Gasteiger partial charge >= 0.3 is 0 Å². The molecule has 0 saturated carbocycles. The molecule has 125 valence electrons. The molecule has 2 heterocycles. The summed E-state index contributed by atoms with van der Waals surface area (Å²) in [6.45, 7) is 3.94. The Kier molecular flexibility index (Phi) is 7.48. The second-order valence-electron chi connectivity index (χ2n) is 5.57. The number of aromatic nitrogens is 2. The van der Waals surface area contributed by atoms with Crippen molar-refractivity contribution in [2.75, 3.05) is 31.1 Å². The van der Waals surface area contributed by atoms with Crippen molar-refractivity contribution in [3.05, 3.63) is 59.1 Å². The summed E-state index contributed by atoms with van der Waals surface area (Å²) in [6, 6.07) is 8.72. The van der Waals surface area contributed by atoms with Crippen LogP contribution in [0.3, 0.4) is 0 Å². The molecule has 5 nitrogen and oxygen atoms in total. The van der Waals surface area contributed by atoms with Crippen LogP contribution in [0.2, 0.25) is 0 Å². The number of nitrogens with one attached hydrogen (secondary N) is 1. The van der Waals surface area contributed by atoms with Gasteiger partial charge in [0, 0.05) is 82.9 Å². The zero-order chi connectivity index (χ0) is 16.2. The van der Waals surface area contributed by atoms with Gasteiger partial charge in [0.15, 0.2) is 0 Å². The minimum atomic E-state index is -0.843. The molecular weight excluding hydrogens is 527 g/mol. The summed E-state index contributed by atoms with van der Waals surface area (Å²) in [5.74, 6) is -1.57. The van der Waals surface area contributed by atoms with E-state index in [1.165, 1.54) is 5.56 Å². The van der Waals surface area contributed by atoms with E-state index in [2.05, 4.69) is 14.9 Å². The fourth-order valence-corrected chi connectivity index (χ4v) is 2.65. The normalized spacial score (nSPS) is 15.2. The number of hydrogen-bond acceptors (Lipinski definition) is 4. The number of halogens is 2. The maximum atomic E-state index is 13.2. The first-order chi connectivity index (χ1) is 11.1. The molecule has 1 saturated heterocycles. The van der Waals surface area contributed by atoms with Crippen molar-refractivity contribution < 1.29 is 52.8 Å². The molecule has 2 aromatic rings. The Morgan fingerprint density at radius 1 is 0.917 bits per heavy atom. The monoisotopic (exact) mass is 545 g/mol. The minimum Gasteiger partial charge on any atom is -0.674 e. The van der Waals surface area contributed by atoms with E-state index in [1.807, 2.05) is 24.3 Å². The third kappa shape index (κ3) is 5.16. The van der Waals surface area contributed by atoms with Crippen LogP contribution in [0.25, 0.3) is 5.73 Å². The van der Waals surface area contributed by atoms with Crippen LogP contribution in [0.1, 0.15) is 11.1 Å². The molecule has 0 atom stereocenters. The zero-order valence-corrected chi connectivity index (χ0v) is 18.0. The van der Waals surface area contributed by atoms with Gasteiger partial charge in [-0.15, -0.1) is 6.54 Å². The topological polar surface area (TPSA) is 56.1 Å². The Bertz CT molecular complexity index is 640. The molecule has 0 bridgehead atoms. The SMILES string of the molecule is [Ac].[NH-]Cc1ccc(CN2CCN(c3nc(F)cc(F)n3)CC2)cc1. The molecule has 0 spiro atoms. The Hall–Kier alpha value is -0.678. The van der Waals surface area contributed by atoms with Crippen LogP contribution in [-0.4, -0.2) is 41.0 Å². The summed E-state index contributed by atoms with van der Waals surface area (Å²) in [7, 11) is 0. The standard InChI is InChI=1S/C16H18F2N5.Ac/c17-14-9-15(18)21-16(20-14)23-7-5-22(6-8-23)11-13-3-1-12(10-19)2-4-13;/h1-4,9,19H,5-8,10-11H2;/q-1;. The van der Waals surface area contributed by atoms with E-state index in [0.717, 1.165) is 25.2 Å². The van der Waals surface area contributed by atoms with Crippen molar-refractivity contribution in [3.8, 4) is 0 Å². The maximum absolute atomic E-state index is 13.2. The first-order valence-corrected chi connectivity index (χ1v) is 7.54. The van der Waals surface area contributed by atoms with E-state index in [1.54, 1.807) is 4.90 Å². The van der Waals surface area contributed by atoms with E-state index < -0.39 is 11.9 Å². The summed E-state index contributed by atoms with van der Waals surface area (Å²) in [5.41, 5.74) is 9.52. The van der Waals surface area contributed by atoms with Gasteiger partial charge in [0.05, 0.1) is 0 Å². The predicted molar refractivity (Wildman–Crippen MR) is 83.9 cm³/mol. The summed E-state index contributed by atoms with van der Waals surface area (Å²) >= 11 is 0. The molecule has 24 heavy (non-hydrogen) atoms. The van der Waals surface area contributed by atoms with Gasteiger partial charge in [-0.2, -0.15) is 18.7 Å². The largest absolute Gasteiger partial charge is 0.674 e. The predicted octanol–water partition coefficient (Wildman–Crippen LogP) is 2.63. The van der Waals surface area contributed by atoms with Crippen molar-refractivity contribution in [1.82, 2.24) is 14.9 Å². The Morgan fingerprint density at radius 2 is 1.46 bits per heavy atom. The van der Waals surface area contributed by atoms with Crippen LogP contribution in [-0.2, 0) is 13.1 Å². The molecule has 0 unspecified atom stereocenters. The van der Waals surface area contributed by atoms with Crippen LogP contribution < -0.4 is 4.90 Å². The molecule has 1 aromatic heterocycles. The summed E-state index contributed by atoms with van der Waals surface area (Å²) in [6.07, 6.45) is 0. The molecule has 0 amide bonds. The molecule has 1 fully saturated rings. The second kappa shape index (κ2) is 9.14. The van der Waals surface area contributed by atoms with Crippen molar-refractivity contribution in [2.24, 2.45) is 0 Å². The van der Waals surface area contributed by atoms with Crippen LogP contribution >= 0.6 is 0 Å². The number of nitrogens with zero attached hydrogens (tertiary/aromatic N) is 4. The molecule has 1 aliphatic rings. The fourth-order valence-electron chi connectivity index (χ4n) is 2.65. The number of anilines is 1. The fraction of sp³-hybridized carbons (Fsp3) is 0.375. The number of hydrogen-bond donors (Lipinski definition) is 0.